The molecular formula is C23H30N2O3S. The average molecular weight is 415 g/mol. The summed E-state index contributed by atoms with van der Waals surface area (Å²) in [5.74, 6) is 0.168. The van der Waals surface area contributed by atoms with E-state index >= 15 is 0 Å². The molecule has 0 aromatic heterocycles. The molecule has 0 saturated carbocycles. The Labute approximate surface area is 174 Å². The number of hydrogen-bond acceptors (Lipinski definition) is 3. The zero-order valence-electron chi connectivity index (χ0n) is 17.2. The number of nitrogens with zero attached hydrogens (tertiary/aromatic N) is 1. The van der Waals surface area contributed by atoms with Crippen molar-refractivity contribution in [2.45, 2.75) is 38.4 Å². The van der Waals surface area contributed by atoms with Crippen LogP contribution in [0.25, 0.3) is 0 Å². The summed E-state index contributed by atoms with van der Waals surface area (Å²) in [6, 6.07) is 17.7. The molecule has 0 bridgehead atoms. The lowest BCUT2D eigenvalue weighted by Crippen LogP contribution is -2.43. The quantitative estimate of drug-likeness (QED) is 0.755. The van der Waals surface area contributed by atoms with E-state index < -0.39 is 10.0 Å². The molecule has 1 amide bonds. The van der Waals surface area contributed by atoms with Gasteiger partial charge in [0, 0.05) is 25.6 Å². The highest BCUT2D eigenvalue weighted by Gasteiger charge is 2.31. The monoisotopic (exact) mass is 414 g/mol. The van der Waals surface area contributed by atoms with Crippen LogP contribution in [0.15, 0.2) is 54.6 Å². The van der Waals surface area contributed by atoms with E-state index in [4.69, 9.17) is 0 Å². The minimum atomic E-state index is -3.36. The number of carbonyl (C=O) groups is 1. The second-order valence-electron chi connectivity index (χ2n) is 7.97. The van der Waals surface area contributed by atoms with Gasteiger partial charge in [-0.1, -0.05) is 67.1 Å². The maximum Gasteiger partial charge on any atom is 0.223 e. The van der Waals surface area contributed by atoms with Gasteiger partial charge in [0.05, 0.1) is 5.75 Å². The zero-order valence-corrected chi connectivity index (χ0v) is 18.0. The number of piperidine rings is 1. The minimum Gasteiger partial charge on any atom is -0.355 e. The van der Waals surface area contributed by atoms with Gasteiger partial charge in [0.2, 0.25) is 15.9 Å². The van der Waals surface area contributed by atoms with E-state index in [2.05, 4.69) is 24.4 Å². The van der Waals surface area contributed by atoms with Crippen LogP contribution in [0.4, 0.5) is 0 Å². The van der Waals surface area contributed by atoms with Crippen molar-refractivity contribution >= 4 is 15.9 Å². The molecular weight excluding hydrogens is 384 g/mol. The van der Waals surface area contributed by atoms with Crippen LogP contribution < -0.4 is 5.32 Å². The lowest BCUT2D eigenvalue weighted by atomic mass is 9.96. The molecule has 2 aromatic rings. The lowest BCUT2D eigenvalue weighted by Gasteiger charge is -2.30. The fraction of sp³-hybridized carbons (Fsp3) is 0.435. The van der Waals surface area contributed by atoms with E-state index in [9.17, 15) is 13.2 Å². The highest BCUT2D eigenvalue weighted by atomic mass is 32.2. The first kappa shape index (κ1) is 21.5. The second-order valence-corrected chi connectivity index (χ2v) is 9.94. The van der Waals surface area contributed by atoms with Gasteiger partial charge in [0.15, 0.2) is 0 Å². The number of sulfonamides is 1. The van der Waals surface area contributed by atoms with Crippen molar-refractivity contribution in [2.75, 3.05) is 19.6 Å². The normalized spacial score (nSPS) is 17.0. The Hall–Kier alpha value is -2.18. The Bertz CT molecular complexity index is 903. The van der Waals surface area contributed by atoms with Gasteiger partial charge in [0.25, 0.3) is 0 Å². The van der Waals surface area contributed by atoms with Gasteiger partial charge < -0.3 is 5.32 Å². The Morgan fingerprint density at radius 1 is 1.07 bits per heavy atom. The highest BCUT2D eigenvalue weighted by molar-refractivity contribution is 7.88. The van der Waals surface area contributed by atoms with Crippen LogP contribution in [0.2, 0.25) is 0 Å². The van der Waals surface area contributed by atoms with Crippen molar-refractivity contribution in [3.05, 3.63) is 71.3 Å². The third-order valence-corrected chi connectivity index (χ3v) is 7.49. The molecule has 1 saturated heterocycles. The molecule has 0 radical (unpaired) electrons. The van der Waals surface area contributed by atoms with Crippen LogP contribution in [0, 0.1) is 12.8 Å². The molecule has 1 unspecified atom stereocenters. The average Bonchev–Trinajstić information content (AvgIpc) is 2.74. The van der Waals surface area contributed by atoms with E-state index in [1.54, 1.807) is 0 Å². The molecule has 5 nitrogen and oxygen atoms in total. The lowest BCUT2D eigenvalue weighted by molar-refractivity contribution is -0.126. The van der Waals surface area contributed by atoms with Gasteiger partial charge in [-0.3, -0.25) is 4.79 Å². The second kappa shape index (κ2) is 9.55. The Morgan fingerprint density at radius 2 is 1.69 bits per heavy atom. The van der Waals surface area contributed by atoms with Crippen molar-refractivity contribution in [1.82, 2.24) is 9.62 Å². The van der Waals surface area contributed by atoms with E-state index in [0.717, 1.165) is 11.1 Å². The Morgan fingerprint density at radius 3 is 2.31 bits per heavy atom. The van der Waals surface area contributed by atoms with Gasteiger partial charge in [-0.25, -0.2) is 12.7 Å². The number of carbonyl (C=O) groups excluding carboxylic acids is 1. The van der Waals surface area contributed by atoms with Crippen LogP contribution in [0.5, 0.6) is 0 Å². The summed E-state index contributed by atoms with van der Waals surface area (Å²) in [4.78, 5) is 12.5. The number of rotatable bonds is 7. The van der Waals surface area contributed by atoms with Crippen molar-refractivity contribution in [2.24, 2.45) is 5.92 Å². The molecule has 6 heteroatoms. The fourth-order valence-corrected chi connectivity index (χ4v) is 5.24. The predicted octanol–water partition coefficient (Wildman–Crippen LogP) is 3.46. The van der Waals surface area contributed by atoms with E-state index in [-0.39, 0.29) is 23.5 Å². The SMILES string of the molecule is Cc1ccc(CS(=O)(=O)N2CCC(C(=O)NCC(C)c3ccccc3)CC2)cc1. The Kier molecular flexibility index (Phi) is 7.09. The van der Waals surface area contributed by atoms with Crippen LogP contribution >= 0.6 is 0 Å². The smallest absolute Gasteiger partial charge is 0.223 e. The molecule has 29 heavy (non-hydrogen) atoms. The van der Waals surface area contributed by atoms with Gasteiger partial charge >= 0.3 is 0 Å². The number of nitrogens with one attached hydrogen (secondary N) is 1. The van der Waals surface area contributed by atoms with Crippen LogP contribution in [-0.2, 0) is 20.6 Å². The van der Waals surface area contributed by atoms with E-state index in [1.807, 2.05) is 49.4 Å². The van der Waals surface area contributed by atoms with Gasteiger partial charge in [-0.2, -0.15) is 0 Å². The van der Waals surface area contributed by atoms with Gasteiger partial charge in [0.1, 0.15) is 0 Å². The number of amides is 1. The maximum absolute atomic E-state index is 12.7. The van der Waals surface area contributed by atoms with Crippen LogP contribution in [0.3, 0.4) is 0 Å². The number of aryl methyl sites for hydroxylation is 1. The molecule has 3 rings (SSSR count). The number of hydrogen-bond donors (Lipinski definition) is 1. The first-order valence-electron chi connectivity index (χ1n) is 10.2. The molecule has 0 aliphatic carbocycles. The molecule has 2 aromatic carbocycles. The zero-order chi connectivity index (χ0) is 20.9. The summed E-state index contributed by atoms with van der Waals surface area (Å²) >= 11 is 0. The fourth-order valence-electron chi connectivity index (χ4n) is 3.68. The summed E-state index contributed by atoms with van der Waals surface area (Å²) in [6.45, 7) is 5.47. The van der Waals surface area contributed by atoms with Crippen molar-refractivity contribution < 1.29 is 13.2 Å². The first-order valence-corrected chi connectivity index (χ1v) is 11.8. The summed E-state index contributed by atoms with van der Waals surface area (Å²) < 4.78 is 27.0. The molecule has 1 N–H and O–H groups in total. The van der Waals surface area contributed by atoms with Crippen molar-refractivity contribution in [1.29, 1.82) is 0 Å². The third kappa shape index (κ3) is 5.90. The molecule has 0 spiro atoms. The van der Waals surface area contributed by atoms with Crippen molar-refractivity contribution in [3.63, 3.8) is 0 Å². The van der Waals surface area contributed by atoms with E-state index in [0.29, 0.717) is 32.5 Å². The minimum absolute atomic E-state index is 0.0126. The molecule has 1 aliphatic rings. The predicted molar refractivity (Wildman–Crippen MR) is 116 cm³/mol. The summed E-state index contributed by atoms with van der Waals surface area (Å²) in [7, 11) is -3.36. The summed E-state index contributed by atoms with van der Waals surface area (Å²) in [5.41, 5.74) is 3.11. The molecule has 1 atom stereocenters. The van der Waals surface area contributed by atoms with E-state index in [1.165, 1.54) is 9.87 Å². The molecule has 1 fully saturated rings. The topological polar surface area (TPSA) is 66.5 Å². The van der Waals surface area contributed by atoms with Crippen LogP contribution in [-0.4, -0.2) is 38.3 Å². The third-order valence-electron chi connectivity index (χ3n) is 5.64. The summed E-state index contributed by atoms with van der Waals surface area (Å²) in [5, 5.41) is 3.04. The van der Waals surface area contributed by atoms with Crippen molar-refractivity contribution in [3.8, 4) is 0 Å². The van der Waals surface area contributed by atoms with Crippen LogP contribution in [0.1, 0.15) is 42.4 Å². The van der Waals surface area contributed by atoms with Gasteiger partial charge in [-0.15, -0.1) is 0 Å². The summed E-state index contributed by atoms with van der Waals surface area (Å²) in [6.07, 6.45) is 1.14. The first-order chi connectivity index (χ1) is 13.8. The molecule has 156 valence electrons. The number of benzene rings is 2. The molecule has 1 aliphatic heterocycles. The highest BCUT2D eigenvalue weighted by Crippen LogP contribution is 2.22. The Balaban J connectivity index is 1.47. The largest absolute Gasteiger partial charge is 0.355 e. The van der Waals surface area contributed by atoms with Gasteiger partial charge in [-0.05, 0) is 36.8 Å². The standard InChI is InChI=1S/C23H30N2O3S/c1-18-8-10-20(11-9-18)17-29(27,28)25-14-12-22(13-15-25)23(26)24-16-19(2)21-6-4-3-5-7-21/h3-11,19,22H,12-17H2,1-2H3,(H,24,26). The maximum atomic E-state index is 12.7. The molecule has 1 heterocycles.